The Labute approximate surface area is 148 Å². The first-order valence-electron chi connectivity index (χ1n) is 9.90. The number of piperidine rings is 1. The van der Waals surface area contributed by atoms with Gasteiger partial charge in [-0.25, -0.2) is 0 Å². The number of benzene rings is 1. The van der Waals surface area contributed by atoms with Gasteiger partial charge in [-0.05, 0) is 71.0 Å². The van der Waals surface area contributed by atoms with Crippen molar-refractivity contribution in [3.05, 3.63) is 29.8 Å². The van der Waals surface area contributed by atoms with Gasteiger partial charge in [-0.3, -0.25) is 4.90 Å². The lowest BCUT2D eigenvalue weighted by molar-refractivity contribution is 0.0903. The molecule has 24 heavy (non-hydrogen) atoms. The van der Waals surface area contributed by atoms with Crippen LogP contribution in [0.5, 0.6) is 0 Å². The molecule has 3 saturated heterocycles. The van der Waals surface area contributed by atoms with E-state index in [1.807, 2.05) is 13.8 Å². The Morgan fingerprint density at radius 1 is 0.958 bits per heavy atom. The molecule has 0 radical (unpaired) electrons. The molecule has 3 nitrogen and oxygen atoms in total. The van der Waals surface area contributed by atoms with Crippen LogP contribution >= 0.6 is 0 Å². The molecule has 0 saturated carbocycles. The van der Waals surface area contributed by atoms with Gasteiger partial charge in [-0.1, -0.05) is 32.0 Å². The van der Waals surface area contributed by atoms with Crippen molar-refractivity contribution in [2.24, 2.45) is 5.41 Å². The molecular weight excluding hydrogens is 294 g/mol. The van der Waals surface area contributed by atoms with Crippen molar-refractivity contribution in [2.45, 2.75) is 45.6 Å². The van der Waals surface area contributed by atoms with Gasteiger partial charge < -0.3 is 9.80 Å². The van der Waals surface area contributed by atoms with E-state index in [9.17, 15) is 0 Å². The first-order valence-corrected chi connectivity index (χ1v) is 9.90. The smallest absolute Gasteiger partial charge is 0.0415 e. The van der Waals surface area contributed by atoms with Crippen molar-refractivity contribution >= 4 is 5.69 Å². The predicted octanol–water partition coefficient (Wildman–Crippen LogP) is 4.01. The van der Waals surface area contributed by atoms with E-state index < -0.39 is 0 Å². The fourth-order valence-corrected chi connectivity index (χ4v) is 4.70. The molecule has 134 valence electrons. The summed E-state index contributed by atoms with van der Waals surface area (Å²) >= 11 is 0. The lowest BCUT2D eigenvalue weighted by Crippen LogP contribution is -2.60. The Hall–Kier alpha value is -1.06. The van der Waals surface area contributed by atoms with E-state index in [1.165, 1.54) is 64.1 Å². The molecule has 0 amide bonds. The Morgan fingerprint density at radius 3 is 2.25 bits per heavy atom. The van der Waals surface area contributed by atoms with Crippen molar-refractivity contribution in [1.82, 2.24) is 9.80 Å². The number of para-hydroxylation sites is 1. The lowest BCUT2D eigenvalue weighted by Gasteiger charge is -2.55. The third-order valence-corrected chi connectivity index (χ3v) is 6.26. The Bertz CT molecular complexity index is 526. The van der Waals surface area contributed by atoms with Crippen LogP contribution in [0.25, 0.3) is 0 Å². The molecule has 0 bridgehead atoms. The molecule has 3 heteroatoms. The average molecular weight is 330 g/mol. The van der Waals surface area contributed by atoms with Crippen LogP contribution in [-0.4, -0.2) is 56.6 Å². The highest BCUT2D eigenvalue weighted by Crippen LogP contribution is 2.45. The van der Waals surface area contributed by atoms with Gasteiger partial charge in [0.05, 0.1) is 0 Å². The summed E-state index contributed by atoms with van der Waals surface area (Å²) in [6.07, 6.45) is 5.42. The zero-order chi connectivity index (χ0) is 17.2. The molecule has 1 aromatic rings. The summed E-state index contributed by atoms with van der Waals surface area (Å²) in [5.74, 6) is 0. The molecule has 0 N–H and O–H groups in total. The third-order valence-electron chi connectivity index (χ3n) is 6.26. The van der Waals surface area contributed by atoms with Crippen molar-refractivity contribution < 1.29 is 0 Å². The molecule has 3 aliphatic rings. The normalized spacial score (nSPS) is 26.8. The zero-order valence-corrected chi connectivity index (χ0v) is 16.1. The first-order chi connectivity index (χ1) is 11.7. The summed E-state index contributed by atoms with van der Waals surface area (Å²) in [6.45, 7) is 10.3. The zero-order valence-electron chi connectivity index (χ0n) is 16.1. The molecule has 1 unspecified atom stereocenters. The van der Waals surface area contributed by atoms with Crippen LogP contribution in [0.3, 0.4) is 0 Å². The average Bonchev–Trinajstić information content (AvgIpc) is 3.02. The van der Waals surface area contributed by atoms with Crippen molar-refractivity contribution in [3.63, 3.8) is 0 Å². The molecule has 4 rings (SSSR count). The van der Waals surface area contributed by atoms with Gasteiger partial charge in [-0.2, -0.15) is 0 Å². The fraction of sp³-hybridized carbons (Fsp3) is 0.714. The van der Waals surface area contributed by atoms with Crippen molar-refractivity contribution in [1.29, 1.82) is 0 Å². The SMILES string of the molecule is CC.CN1CCC2(CC1)CN(c1ccccc1C1CCCN1C)C2. The molecule has 0 aromatic heterocycles. The number of hydrogen-bond donors (Lipinski definition) is 0. The van der Waals surface area contributed by atoms with Gasteiger partial charge in [0.2, 0.25) is 0 Å². The highest BCUT2D eigenvalue weighted by molar-refractivity contribution is 5.57. The topological polar surface area (TPSA) is 9.72 Å². The molecular formula is C21H35N3. The van der Waals surface area contributed by atoms with Crippen LogP contribution in [0.2, 0.25) is 0 Å². The minimum Gasteiger partial charge on any atom is -0.370 e. The Kier molecular flexibility index (Phi) is 5.51. The van der Waals surface area contributed by atoms with Crippen LogP contribution in [0.15, 0.2) is 24.3 Å². The van der Waals surface area contributed by atoms with E-state index in [0.717, 1.165) is 0 Å². The van der Waals surface area contributed by atoms with Gasteiger partial charge >= 0.3 is 0 Å². The van der Waals surface area contributed by atoms with Gasteiger partial charge in [0.25, 0.3) is 0 Å². The molecule has 1 aromatic carbocycles. The van der Waals surface area contributed by atoms with Crippen molar-refractivity contribution in [2.75, 3.05) is 51.7 Å². The number of hydrogen-bond acceptors (Lipinski definition) is 3. The molecule has 1 spiro atoms. The maximum atomic E-state index is 2.65. The van der Waals surface area contributed by atoms with E-state index in [4.69, 9.17) is 0 Å². The highest BCUT2D eigenvalue weighted by Gasteiger charge is 2.45. The van der Waals surface area contributed by atoms with Gasteiger partial charge in [0, 0.05) is 30.2 Å². The lowest BCUT2D eigenvalue weighted by atomic mass is 9.71. The largest absolute Gasteiger partial charge is 0.370 e. The van der Waals surface area contributed by atoms with Crippen LogP contribution in [-0.2, 0) is 0 Å². The second-order valence-corrected chi connectivity index (χ2v) is 7.86. The molecule has 0 aliphatic carbocycles. The van der Waals surface area contributed by atoms with Crippen LogP contribution in [0, 0.1) is 5.41 Å². The minimum atomic E-state index is 0.612. The summed E-state index contributed by atoms with van der Waals surface area (Å²) < 4.78 is 0. The summed E-state index contributed by atoms with van der Waals surface area (Å²) in [5, 5.41) is 0. The van der Waals surface area contributed by atoms with Crippen LogP contribution in [0.4, 0.5) is 5.69 Å². The van der Waals surface area contributed by atoms with E-state index in [-0.39, 0.29) is 0 Å². The Morgan fingerprint density at radius 2 is 1.62 bits per heavy atom. The van der Waals surface area contributed by atoms with Gasteiger partial charge in [-0.15, -0.1) is 0 Å². The summed E-state index contributed by atoms with van der Waals surface area (Å²) in [7, 11) is 4.54. The number of anilines is 1. The van der Waals surface area contributed by atoms with Crippen LogP contribution < -0.4 is 4.90 Å². The first kappa shape index (κ1) is 17.8. The van der Waals surface area contributed by atoms with E-state index >= 15 is 0 Å². The van der Waals surface area contributed by atoms with E-state index in [0.29, 0.717) is 11.5 Å². The highest BCUT2D eigenvalue weighted by atomic mass is 15.2. The standard InChI is InChI=1S/C19H29N3.C2H6/c1-20-12-9-19(10-13-20)14-22(15-19)18-7-4-3-6-16(18)17-8-5-11-21(17)2;1-2/h3-4,6-7,17H,5,8-15H2,1-2H3;1-2H3. The predicted molar refractivity (Wildman–Crippen MR) is 104 cm³/mol. The van der Waals surface area contributed by atoms with E-state index in [2.05, 4.69) is 53.1 Å². The van der Waals surface area contributed by atoms with E-state index in [1.54, 1.807) is 5.56 Å². The maximum Gasteiger partial charge on any atom is 0.0415 e. The quantitative estimate of drug-likeness (QED) is 0.811. The number of nitrogens with zero attached hydrogens (tertiary/aromatic N) is 3. The second-order valence-electron chi connectivity index (χ2n) is 7.86. The molecule has 3 fully saturated rings. The summed E-state index contributed by atoms with van der Waals surface area (Å²) in [4.78, 5) is 7.66. The maximum absolute atomic E-state index is 2.65. The van der Waals surface area contributed by atoms with Gasteiger partial charge in [0.1, 0.15) is 0 Å². The summed E-state index contributed by atoms with van der Waals surface area (Å²) in [5.41, 5.74) is 3.68. The molecule has 3 heterocycles. The number of likely N-dealkylation sites (tertiary alicyclic amines) is 2. The van der Waals surface area contributed by atoms with Crippen molar-refractivity contribution in [3.8, 4) is 0 Å². The molecule has 1 atom stereocenters. The minimum absolute atomic E-state index is 0.612. The monoisotopic (exact) mass is 329 g/mol. The Balaban J connectivity index is 0.000000815. The fourth-order valence-electron chi connectivity index (χ4n) is 4.70. The second kappa shape index (κ2) is 7.45. The number of rotatable bonds is 2. The van der Waals surface area contributed by atoms with Crippen LogP contribution in [0.1, 0.15) is 51.1 Å². The third kappa shape index (κ3) is 3.34. The van der Waals surface area contributed by atoms with Gasteiger partial charge in [0.15, 0.2) is 0 Å². The summed E-state index contributed by atoms with van der Waals surface area (Å²) in [6, 6.07) is 9.78. The molecule has 3 aliphatic heterocycles.